The lowest BCUT2D eigenvalue weighted by atomic mass is 9.80. The zero-order valence-electron chi connectivity index (χ0n) is 14.4. The molecule has 1 heterocycles. The van der Waals surface area contributed by atoms with E-state index >= 15 is 0 Å². The summed E-state index contributed by atoms with van der Waals surface area (Å²) in [5.41, 5.74) is 7.37. The van der Waals surface area contributed by atoms with Gasteiger partial charge in [-0.2, -0.15) is 0 Å². The first-order valence-corrected chi connectivity index (χ1v) is 8.31. The van der Waals surface area contributed by atoms with Crippen molar-refractivity contribution >= 4 is 11.9 Å². The molecule has 1 aliphatic rings. The number of carbonyl (C=O) groups is 2. The van der Waals surface area contributed by atoms with Crippen LogP contribution in [0, 0.1) is 5.92 Å². The van der Waals surface area contributed by atoms with Gasteiger partial charge in [0.2, 0.25) is 0 Å². The molecule has 3 N–H and O–H groups in total. The van der Waals surface area contributed by atoms with Crippen molar-refractivity contribution in [2.24, 2.45) is 11.7 Å². The fourth-order valence-corrected chi connectivity index (χ4v) is 3.12. The molecule has 0 bridgehead atoms. The van der Waals surface area contributed by atoms with Crippen molar-refractivity contribution < 1.29 is 24.2 Å². The van der Waals surface area contributed by atoms with Gasteiger partial charge in [-0.15, -0.1) is 6.58 Å². The van der Waals surface area contributed by atoms with Gasteiger partial charge < -0.3 is 20.3 Å². The minimum absolute atomic E-state index is 0.193. The Labute approximate surface area is 147 Å². The molecule has 25 heavy (non-hydrogen) atoms. The molecule has 136 valence electrons. The van der Waals surface area contributed by atoms with Crippen molar-refractivity contribution in [2.45, 2.75) is 31.2 Å². The molecule has 1 aromatic carbocycles. The lowest BCUT2D eigenvalue weighted by Gasteiger charge is -2.38. The molecule has 0 aromatic heterocycles. The average molecular weight is 347 g/mol. The van der Waals surface area contributed by atoms with Gasteiger partial charge in [0.05, 0.1) is 31.3 Å². The minimum atomic E-state index is -0.906. The fraction of sp³-hybridized carbons (Fsp3) is 0.474. The summed E-state index contributed by atoms with van der Waals surface area (Å²) in [7, 11) is 0. The van der Waals surface area contributed by atoms with E-state index in [1.54, 1.807) is 6.08 Å². The maximum Gasteiger partial charge on any atom is 0.311 e. The van der Waals surface area contributed by atoms with Crippen LogP contribution >= 0.6 is 0 Å². The van der Waals surface area contributed by atoms with Gasteiger partial charge in [0.1, 0.15) is 0 Å². The Bertz CT molecular complexity index is 621. The number of rotatable bonds is 9. The van der Waals surface area contributed by atoms with Crippen molar-refractivity contribution in [3.8, 4) is 0 Å². The quantitative estimate of drug-likeness (QED) is 0.525. The number of aliphatic carboxylic acids is 1. The number of ether oxygens (including phenoxy) is 2. The Morgan fingerprint density at radius 2 is 2.04 bits per heavy atom. The summed E-state index contributed by atoms with van der Waals surface area (Å²) in [6.07, 6.45) is 2.68. The van der Waals surface area contributed by atoms with E-state index in [1.807, 2.05) is 24.3 Å². The number of esters is 1. The summed E-state index contributed by atoms with van der Waals surface area (Å²) in [4.78, 5) is 22.8. The largest absolute Gasteiger partial charge is 0.481 e. The number of allylic oxidation sites excluding steroid dienone is 1. The highest BCUT2D eigenvalue weighted by Gasteiger charge is 2.36. The van der Waals surface area contributed by atoms with Crippen LogP contribution in [-0.4, -0.2) is 36.9 Å². The monoisotopic (exact) mass is 347 g/mol. The van der Waals surface area contributed by atoms with Crippen molar-refractivity contribution in [2.75, 3.05) is 19.8 Å². The van der Waals surface area contributed by atoms with Gasteiger partial charge >= 0.3 is 11.9 Å². The van der Waals surface area contributed by atoms with Crippen LogP contribution in [0.1, 0.15) is 36.8 Å². The number of benzene rings is 1. The summed E-state index contributed by atoms with van der Waals surface area (Å²) in [6, 6.07) is 7.35. The number of hydrogen-bond donors (Lipinski definition) is 2. The minimum Gasteiger partial charge on any atom is -0.481 e. The van der Waals surface area contributed by atoms with Gasteiger partial charge in [0, 0.05) is 6.92 Å². The maximum atomic E-state index is 11.9. The number of carbonyl (C=O) groups excluding carboxylic acids is 1. The molecule has 1 fully saturated rings. The van der Waals surface area contributed by atoms with E-state index in [0.717, 1.165) is 5.56 Å². The first-order chi connectivity index (χ1) is 11.9. The van der Waals surface area contributed by atoms with Crippen molar-refractivity contribution in [1.82, 2.24) is 0 Å². The molecule has 1 aromatic rings. The SMILES string of the molecule is C=CCC(CCOC(C)=O)C(C(=O)O)c1ccc(C2(N)COC2)cc1. The normalized spacial score (nSPS) is 17.8. The average Bonchev–Trinajstić information content (AvgIpc) is 2.53. The number of carboxylic acids is 1. The van der Waals surface area contributed by atoms with Gasteiger partial charge in [0.25, 0.3) is 0 Å². The predicted molar refractivity (Wildman–Crippen MR) is 93.1 cm³/mol. The van der Waals surface area contributed by atoms with Crippen LogP contribution in [0.5, 0.6) is 0 Å². The first-order valence-electron chi connectivity index (χ1n) is 8.31. The second-order valence-corrected chi connectivity index (χ2v) is 6.50. The van der Waals surface area contributed by atoms with Crippen molar-refractivity contribution in [3.63, 3.8) is 0 Å². The first kappa shape index (κ1) is 19.1. The molecular weight excluding hydrogens is 322 g/mol. The Hall–Kier alpha value is -2.18. The predicted octanol–water partition coefficient (Wildman–Crippen LogP) is 2.18. The fourth-order valence-electron chi connectivity index (χ4n) is 3.12. The van der Waals surface area contributed by atoms with E-state index < -0.39 is 17.4 Å². The highest BCUT2D eigenvalue weighted by molar-refractivity contribution is 5.76. The molecule has 0 amide bonds. The summed E-state index contributed by atoms with van der Waals surface area (Å²) < 4.78 is 10.1. The third-order valence-corrected chi connectivity index (χ3v) is 4.56. The molecule has 1 aliphatic heterocycles. The van der Waals surface area contributed by atoms with Crippen LogP contribution in [0.2, 0.25) is 0 Å². The van der Waals surface area contributed by atoms with Gasteiger partial charge in [-0.3, -0.25) is 9.59 Å². The van der Waals surface area contributed by atoms with Crippen molar-refractivity contribution in [1.29, 1.82) is 0 Å². The van der Waals surface area contributed by atoms with E-state index in [4.69, 9.17) is 15.2 Å². The molecule has 0 spiro atoms. The molecule has 2 rings (SSSR count). The van der Waals surface area contributed by atoms with E-state index in [2.05, 4.69) is 6.58 Å². The van der Waals surface area contributed by atoms with Gasteiger partial charge in [-0.05, 0) is 29.9 Å². The second-order valence-electron chi connectivity index (χ2n) is 6.50. The van der Waals surface area contributed by atoms with Crippen LogP contribution in [-0.2, 0) is 24.6 Å². The highest BCUT2D eigenvalue weighted by Crippen LogP contribution is 2.33. The zero-order valence-corrected chi connectivity index (χ0v) is 14.4. The van der Waals surface area contributed by atoms with Crippen LogP contribution < -0.4 is 5.73 Å². The summed E-state index contributed by atoms with van der Waals surface area (Å²) in [5, 5.41) is 9.73. The second kappa shape index (κ2) is 8.27. The molecular formula is C19H25NO5. The smallest absolute Gasteiger partial charge is 0.311 e. The van der Waals surface area contributed by atoms with Gasteiger partial charge in [-0.25, -0.2) is 0 Å². The molecule has 6 heteroatoms. The lowest BCUT2D eigenvalue weighted by molar-refractivity contribution is -0.142. The molecule has 1 saturated heterocycles. The van der Waals surface area contributed by atoms with E-state index in [1.165, 1.54) is 6.92 Å². The molecule has 0 radical (unpaired) electrons. The Morgan fingerprint density at radius 1 is 1.40 bits per heavy atom. The summed E-state index contributed by atoms with van der Waals surface area (Å²) >= 11 is 0. The Morgan fingerprint density at radius 3 is 2.48 bits per heavy atom. The van der Waals surface area contributed by atoms with Gasteiger partial charge in [-0.1, -0.05) is 30.3 Å². The van der Waals surface area contributed by atoms with E-state index in [9.17, 15) is 14.7 Å². The highest BCUT2D eigenvalue weighted by atomic mass is 16.5. The molecule has 0 aliphatic carbocycles. The molecule has 0 saturated carbocycles. The van der Waals surface area contributed by atoms with E-state index in [-0.39, 0.29) is 18.5 Å². The number of nitrogens with two attached hydrogens (primary N) is 1. The topological polar surface area (TPSA) is 98.9 Å². The molecule has 6 nitrogen and oxygen atoms in total. The van der Waals surface area contributed by atoms with E-state index in [0.29, 0.717) is 31.6 Å². The van der Waals surface area contributed by atoms with Gasteiger partial charge in [0.15, 0.2) is 0 Å². The third-order valence-electron chi connectivity index (χ3n) is 4.56. The summed E-state index contributed by atoms with van der Waals surface area (Å²) in [6.45, 7) is 6.18. The molecule has 2 atom stereocenters. The lowest BCUT2D eigenvalue weighted by Crippen LogP contribution is -2.54. The van der Waals surface area contributed by atoms with Crippen LogP contribution in [0.3, 0.4) is 0 Å². The zero-order chi connectivity index (χ0) is 18.4. The number of hydrogen-bond acceptors (Lipinski definition) is 5. The number of carboxylic acid groups (broad SMARTS) is 1. The van der Waals surface area contributed by atoms with Crippen molar-refractivity contribution in [3.05, 3.63) is 48.0 Å². The Balaban J connectivity index is 2.17. The van der Waals surface area contributed by atoms with Crippen LogP contribution in [0.25, 0.3) is 0 Å². The maximum absolute atomic E-state index is 11.9. The molecule has 2 unspecified atom stereocenters. The van der Waals surface area contributed by atoms with Crippen LogP contribution in [0.4, 0.5) is 0 Å². The van der Waals surface area contributed by atoms with Crippen LogP contribution in [0.15, 0.2) is 36.9 Å². The third kappa shape index (κ3) is 4.67. The Kier molecular flexibility index (Phi) is 6.33. The standard InChI is InChI=1S/C19H25NO5/c1-3-4-14(9-10-25-13(2)21)17(18(22)23)15-5-7-16(8-6-15)19(20)11-24-12-19/h3,5-8,14,17H,1,4,9-12,20H2,2H3,(H,22,23). The summed E-state index contributed by atoms with van der Waals surface area (Å²) in [5.74, 6) is -2.19.